The molecule has 18 heavy (non-hydrogen) atoms. The third-order valence-electron chi connectivity index (χ3n) is 2.20. The summed E-state index contributed by atoms with van der Waals surface area (Å²) in [5, 5.41) is 0. The van der Waals surface area contributed by atoms with E-state index in [2.05, 4.69) is 0 Å². The van der Waals surface area contributed by atoms with Gasteiger partial charge in [-0.25, -0.2) is 0 Å². The molecule has 0 N–H and O–H groups in total. The minimum atomic E-state index is -5.24. The average molecular weight is 420 g/mol. The first-order valence-electron chi connectivity index (χ1n) is 4.42. The molecule has 0 bridgehead atoms. The fraction of sp³-hybridized carbons (Fsp3) is 0.250. The van der Waals surface area contributed by atoms with Crippen molar-refractivity contribution in [3.63, 3.8) is 0 Å². The summed E-state index contributed by atoms with van der Waals surface area (Å²) in [6.45, 7) is -4.10. The van der Waals surface area contributed by atoms with Gasteiger partial charge in [0.1, 0.15) is 5.75 Å². The van der Waals surface area contributed by atoms with E-state index in [1.807, 2.05) is 0 Å². The van der Waals surface area contributed by atoms with Crippen molar-refractivity contribution < 1.29 is 76.6 Å². The van der Waals surface area contributed by atoms with Crippen LogP contribution in [0.5, 0.6) is 0 Å². The van der Waals surface area contributed by atoms with Gasteiger partial charge in [0.2, 0.25) is 0 Å². The number of benzene rings is 1. The molecule has 0 aliphatic carbocycles. The van der Waals surface area contributed by atoms with Gasteiger partial charge < -0.3 is 12.9 Å². The molecule has 1 rings (SSSR count). The summed E-state index contributed by atoms with van der Waals surface area (Å²) in [4.78, 5) is 0. The van der Waals surface area contributed by atoms with Crippen LogP contribution in [0, 0.1) is 10.5 Å². The van der Waals surface area contributed by atoms with Gasteiger partial charge in [-0.2, -0.15) is 8.42 Å². The molecule has 1 aromatic carbocycles. The van der Waals surface area contributed by atoms with Crippen molar-refractivity contribution in [1.82, 2.24) is 0 Å². The fourth-order valence-electron chi connectivity index (χ4n) is 1.43. The van der Waals surface area contributed by atoms with Crippen LogP contribution in [-0.4, -0.2) is 15.4 Å². The summed E-state index contributed by atoms with van der Waals surface area (Å²) in [6.07, 6.45) is 0. The Hall–Kier alpha value is 1.32. The van der Waals surface area contributed by atoms with Gasteiger partial charge in [0.15, 0.2) is 0 Å². The summed E-state index contributed by atoms with van der Waals surface area (Å²) in [5.74, 6) is -1.03. The van der Waals surface area contributed by atoms with Crippen LogP contribution >= 0.6 is 22.6 Å². The molecule has 96 valence electrons. The van der Waals surface area contributed by atoms with Gasteiger partial charge in [-0.1, -0.05) is 11.6 Å². The van der Waals surface area contributed by atoms with Crippen LogP contribution < -0.4 is 56.8 Å². The van der Waals surface area contributed by atoms with E-state index in [0.717, 1.165) is 13.0 Å². The van der Waals surface area contributed by atoms with E-state index >= 15 is 0 Å². The number of hydrogen-bond acceptors (Lipinski definition) is 2. The van der Waals surface area contributed by atoms with Crippen LogP contribution in [0.3, 0.4) is 0 Å². The maximum Gasteiger partial charge on any atom is 1.00 e. The summed E-state index contributed by atoms with van der Waals surface area (Å²) >= 11 is 1.63. The van der Waals surface area contributed by atoms with Crippen LogP contribution in [0.2, 0.25) is 0 Å². The maximum atomic E-state index is 12.7. The molecule has 0 aliphatic heterocycles. The summed E-state index contributed by atoms with van der Waals surface area (Å²) in [5.41, 5.74) is -1.27. The Bertz CT molecular complexity index is 547. The zero-order valence-corrected chi connectivity index (χ0v) is 15.7. The van der Waals surface area contributed by atoms with Crippen LogP contribution in [0.4, 0.5) is 16.8 Å². The minimum absolute atomic E-state index is 0. The van der Waals surface area contributed by atoms with Gasteiger partial charge in [0.05, 0.1) is 0 Å². The molecule has 0 saturated carbocycles. The van der Waals surface area contributed by atoms with Crippen molar-refractivity contribution in [3.05, 3.63) is 26.8 Å². The van der Waals surface area contributed by atoms with Crippen LogP contribution in [-0.2, 0) is 16.0 Å². The number of hydrogen-bond donors (Lipinski definition) is 0. The second-order valence-electron chi connectivity index (χ2n) is 3.54. The minimum Gasteiger partial charge on any atom is -0.445 e. The van der Waals surface area contributed by atoms with E-state index in [-0.39, 0.29) is 66.1 Å². The van der Waals surface area contributed by atoms with Gasteiger partial charge in [-0.05, 0) is 41.1 Å². The zero-order chi connectivity index (χ0) is 13.4. The Labute approximate surface area is 159 Å². The number of rotatable bonds is 3. The van der Waals surface area contributed by atoms with Gasteiger partial charge in [0.25, 0.3) is 0 Å². The molecular weight excluding hydrogens is 413 g/mol. The standard InChI is InChI=1S/C8H7BF4IO2S.K/c1-5-6(4-17(13,15)16)2-7(14)3-8(5)9(10,11)12;/h2-3H,4H2,1H3;/q-1;+1. The first-order valence-corrected chi connectivity index (χ1v) is 7.05. The molecule has 0 fully saturated rings. The molecule has 2 nitrogen and oxygen atoms in total. The van der Waals surface area contributed by atoms with Crippen LogP contribution in [0.25, 0.3) is 0 Å². The molecule has 0 unspecified atom stereocenters. The normalized spacial score (nSPS) is 12.1. The summed E-state index contributed by atoms with van der Waals surface area (Å²) < 4.78 is 71.7. The van der Waals surface area contributed by atoms with E-state index in [9.17, 15) is 25.3 Å². The molecule has 0 spiro atoms. The summed E-state index contributed by atoms with van der Waals surface area (Å²) in [6, 6.07) is 2.16. The number of halogens is 5. The van der Waals surface area contributed by atoms with Crippen molar-refractivity contribution in [3.8, 4) is 0 Å². The Kier molecular flexibility index (Phi) is 7.36. The van der Waals surface area contributed by atoms with E-state index in [0.29, 0.717) is 0 Å². The van der Waals surface area contributed by atoms with Gasteiger partial charge >= 0.3 is 68.6 Å². The average Bonchev–Trinajstić information content (AvgIpc) is 2.06. The summed E-state index contributed by atoms with van der Waals surface area (Å²) in [7, 11) is -4.84. The predicted molar refractivity (Wildman–Crippen MR) is 66.3 cm³/mol. The molecule has 10 heteroatoms. The van der Waals surface area contributed by atoms with E-state index in [1.54, 1.807) is 22.6 Å². The zero-order valence-electron chi connectivity index (χ0n) is 9.55. The Morgan fingerprint density at radius 3 is 2.17 bits per heavy atom. The van der Waals surface area contributed by atoms with Crippen molar-refractivity contribution in [2.24, 2.45) is 0 Å². The smallest absolute Gasteiger partial charge is 0.445 e. The SMILES string of the molecule is Cc1c(CS(=O)(=O)F)cc(I)cc1[B-](F)(F)F.[K+]. The monoisotopic (exact) mass is 420 g/mol. The molecule has 0 heterocycles. The van der Waals surface area contributed by atoms with E-state index in [1.165, 1.54) is 6.07 Å². The molecule has 1 aromatic rings. The Morgan fingerprint density at radius 2 is 1.78 bits per heavy atom. The maximum absolute atomic E-state index is 12.7. The van der Waals surface area contributed by atoms with E-state index < -0.39 is 28.4 Å². The third kappa shape index (κ3) is 5.75. The molecule has 0 amide bonds. The van der Waals surface area contributed by atoms with Crippen molar-refractivity contribution >= 4 is 45.3 Å². The first kappa shape index (κ1) is 19.3. The largest absolute Gasteiger partial charge is 1.00 e. The predicted octanol–water partition coefficient (Wildman–Crippen LogP) is -0.543. The quantitative estimate of drug-likeness (QED) is 0.285. The second-order valence-corrected chi connectivity index (χ2v) is 6.15. The fourth-order valence-corrected chi connectivity index (χ4v) is 2.82. The third-order valence-corrected chi connectivity index (χ3v) is 3.48. The molecule has 0 atom stereocenters. The topological polar surface area (TPSA) is 34.1 Å². The first-order chi connectivity index (χ1) is 7.50. The van der Waals surface area contributed by atoms with Crippen molar-refractivity contribution in [2.45, 2.75) is 12.7 Å². The molecule has 0 radical (unpaired) electrons. The van der Waals surface area contributed by atoms with Crippen molar-refractivity contribution in [2.75, 3.05) is 0 Å². The molecule has 0 aromatic heterocycles. The van der Waals surface area contributed by atoms with Crippen LogP contribution in [0.15, 0.2) is 12.1 Å². The molecule has 0 saturated heterocycles. The Balaban J connectivity index is 0.00000289. The molecule has 0 aliphatic rings. The van der Waals surface area contributed by atoms with Gasteiger partial charge in [0, 0.05) is 3.57 Å². The van der Waals surface area contributed by atoms with Crippen LogP contribution in [0.1, 0.15) is 11.1 Å². The van der Waals surface area contributed by atoms with E-state index in [4.69, 9.17) is 0 Å². The molecular formula is C8H7BF4IKO2S. The van der Waals surface area contributed by atoms with Crippen molar-refractivity contribution in [1.29, 1.82) is 0 Å². The second kappa shape index (κ2) is 6.85. The van der Waals surface area contributed by atoms with Gasteiger partial charge in [-0.15, -0.1) is 9.35 Å². The Morgan fingerprint density at radius 1 is 1.28 bits per heavy atom. The van der Waals surface area contributed by atoms with Gasteiger partial charge in [-0.3, -0.25) is 0 Å².